The van der Waals surface area contributed by atoms with E-state index in [1.54, 1.807) is 4.57 Å². The fourth-order valence-electron chi connectivity index (χ4n) is 4.17. The molecule has 2 N–H and O–H groups in total. The van der Waals surface area contributed by atoms with Crippen molar-refractivity contribution < 1.29 is 24.7 Å². The van der Waals surface area contributed by atoms with Crippen molar-refractivity contribution in [1.29, 1.82) is 0 Å². The second-order valence-electron chi connectivity index (χ2n) is 7.79. The Bertz CT molecular complexity index is 1380. The molecule has 3 heterocycles. The minimum absolute atomic E-state index is 0.0509. The van der Waals surface area contributed by atoms with Crippen molar-refractivity contribution in [3.8, 4) is 5.88 Å². The topological polar surface area (TPSA) is 102 Å². The van der Waals surface area contributed by atoms with Gasteiger partial charge in [0.1, 0.15) is 5.69 Å². The second kappa shape index (κ2) is 10.1. The fraction of sp³-hybridized carbons (Fsp3) is 0.148. The minimum Gasteiger partial charge on any atom is -0.550 e. The van der Waals surface area contributed by atoms with Gasteiger partial charge in [0.15, 0.2) is 11.9 Å². The molecule has 1 aliphatic heterocycles. The lowest BCUT2D eigenvalue weighted by molar-refractivity contribution is -0.582. The number of aliphatic carboxylic acids is 1. The second-order valence-corrected chi connectivity index (χ2v) is 7.79. The van der Waals surface area contributed by atoms with E-state index in [0.29, 0.717) is 12.2 Å². The molecule has 0 amide bonds. The number of pyridine rings is 1. The van der Waals surface area contributed by atoms with Gasteiger partial charge in [-0.25, -0.2) is 4.99 Å². The van der Waals surface area contributed by atoms with Crippen LogP contribution < -0.4 is 9.67 Å². The molecule has 1 aliphatic rings. The summed E-state index contributed by atoms with van der Waals surface area (Å²) in [6, 6.07) is 24.2. The molecule has 5 rings (SSSR count). The van der Waals surface area contributed by atoms with E-state index >= 15 is 0 Å². The maximum absolute atomic E-state index is 10.8. The highest BCUT2D eigenvalue weighted by atomic mass is 16.4. The van der Waals surface area contributed by atoms with Gasteiger partial charge in [0.2, 0.25) is 11.6 Å². The first-order chi connectivity index (χ1) is 16.5. The zero-order chi connectivity index (χ0) is 24.1. The first-order valence-corrected chi connectivity index (χ1v) is 10.9. The van der Waals surface area contributed by atoms with E-state index in [0.717, 1.165) is 41.1 Å². The number of rotatable bonds is 5. The van der Waals surface area contributed by atoms with Gasteiger partial charge in [0.05, 0.1) is 24.1 Å². The Balaban J connectivity index is 0.000000636. The summed E-state index contributed by atoms with van der Waals surface area (Å²) in [5, 5.41) is 29.9. The Morgan fingerprint density at radius 2 is 1.76 bits per heavy atom. The Kier molecular flexibility index (Phi) is 6.85. The number of hydrogen-bond donors (Lipinski definition) is 2. The van der Waals surface area contributed by atoms with Gasteiger partial charge < -0.3 is 24.7 Å². The molecule has 0 aliphatic carbocycles. The number of aromatic hydroxyl groups is 1. The molecule has 0 radical (unpaired) electrons. The first kappa shape index (κ1) is 22.9. The van der Waals surface area contributed by atoms with E-state index < -0.39 is 5.97 Å². The molecule has 7 heteroatoms. The van der Waals surface area contributed by atoms with Crippen molar-refractivity contribution in [2.45, 2.75) is 19.9 Å². The molecule has 2 aromatic heterocycles. The number of carbonyl (C=O) groups is 1. The largest absolute Gasteiger partial charge is 0.550 e. The quantitative estimate of drug-likeness (QED) is 0.357. The van der Waals surface area contributed by atoms with Gasteiger partial charge in [0, 0.05) is 41.8 Å². The molecule has 4 aromatic rings. The molecule has 0 spiro atoms. The number of hydrogen-bond acceptors (Lipinski definition) is 5. The number of aromatic nitrogens is 2. The van der Waals surface area contributed by atoms with Crippen molar-refractivity contribution in [3.63, 3.8) is 0 Å². The maximum Gasteiger partial charge on any atom is 0.223 e. The van der Waals surface area contributed by atoms with Gasteiger partial charge in [-0.3, -0.25) is 0 Å². The monoisotopic (exact) mass is 455 g/mol. The molecule has 0 saturated heterocycles. The number of allylic oxidation sites excluding steroid dienone is 1. The number of fused-ring (bicyclic) bond motifs is 2. The summed E-state index contributed by atoms with van der Waals surface area (Å²) in [7, 11) is 0. The number of aliphatic hydroxyl groups excluding tert-OH is 1. The van der Waals surface area contributed by atoms with Crippen molar-refractivity contribution in [1.82, 2.24) is 4.57 Å². The Morgan fingerprint density at radius 1 is 1.09 bits per heavy atom. The first-order valence-electron chi connectivity index (χ1n) is 10.9. The van der Waals surface area contributed by atoms with Gasteiger partial charge in [-0.05, 0) is 25.1 Å². The lowest BCUT2D eigenvalue weighted by atomic mass is 10.1. The lowest BCUT2D eigenvalue weighted by Crippen LogP contribution is -2.33. The van der Waals surface area contributed by atoms with Crippen LogP contribution in [0.1, 0.15) is 18.2 Å². The van der Waals surface area contributed by atoms with E-state index in [1.807, 2.05) is 60.8 Å². The van der Waals surface area contributed by atoms with E-state index in [2.05, 4.69) is 29.0 Å². The zero-order valence-corrected chi connectivity index (χ0v) is 18.8. The molecule has 0 unspecified atom stereocenters. The van der Waals surface area contributed by atoms with Crippen molar-refractivity contribution in [2.75, 3.05) is 6.61 Å². The number of benzene rings is 2. The predicted molar refractivity (Wildman–Crippen MR) is 129 cm³/mol. The third-order valence-electron chi connectivity index (χ3n) is 5.50. The van der Waals surface area contributed by atoms with Crippen LogP contribution in [0, 0.1) is 0 Å². The van der Waals surface area contributed by atoms with Crippen LogP contribution in [0.15, 0.2) is 89.6 Å². The molecule has 2 aromatic carbocycles. The Hall–Kier alpha value is -4.23. The predicted octanol–water partition coefficient (Wildman–Crippen LogP) is 2.60. The summed E-state index contributed by atoms with van der Waals surface area (Å²) in [4.78, 5) is 13.6. The van der Waals surface area contributed by atoms with Crippen LogP contribution in [0.5, 0.6) is 5.88 Å². The highest BCUT2D eigenvalue weighted by molar-refractivity contribution is 5.99. The standard InChI is InChI=1S/C25H21N3O2.C2H4O2/c29-15-14-28-22-12-5-4-11-21(22)23(25(28)30)26-17-19-16-20-10-6-7-13-27(20)24(19)18-8-2-1-3-9-18;1-2(3)4/h1-13,17,29H,14-16H2;1H3,(H,3,4)/b26-17+;. The molecule has 0 bridgehead atoms. The van der Waals surface area contributed by atoms with Crippen LogP contribution in [0.2, 0.25) is 0 Å². The maximum atomic E-state index is 10.8. The van der Waals surface area contributed by atoms with Crippen LogP contribution in [0.3, 0.4) is 0 Å². The SMILES string of the molecule is CC(=O)[O-].OCCn1c(O)c(/N=C/C2=C(c3ccccc3)[n+]3ccccc3C2)c2ccccc21. The number of para-hydroxylation sites is 1. The lowest BCUT2D eigenvalue weighted by Gasteiger charge is -2.03. The smallest absolute Gasteiger partial charge is 0.223 e. The molecule has 172 valence electrons. The van der Waals surface area contributed by atoms with Crippen molar-refractivity contribution in [3.05, 3.63) is 95.8 Å². The van der Waals surface area contributed by atoms with Gasteiger partial charge in [-0.2, -0.15) is 4.57 Å². The Morgan fingerprint density at radius 3 is 2.50 bits per heavy atom. The molecule has 7 nitrogen and oxygen atoms in total. The van der Waals surface area contributed by atoms with E-state index in [9.17, 15) is 10.2 Å². The van der Waals surface area contributed by atoms with Crippen LogP contribution in [0.4, 0.5) is 5.69 Å². The van der Waals surface area contributed by atoms with Gasteiger partial charge in [-0.1, -0.05) is 42.5 Å². The number of aliphatic hydroxyl groups is 1. The summed E-state index contributed by atoms with van der Waals surface area (Å²) in [6.07, 6.45) is 4.70. The minimum atomic E-state index is -1.08. The number of carboxylic acids is 1. The fourth-order valence-corrected chi connectivity index (χ4v) is 4.17. The molecule has 0 atom stereocenters. The molecular weight excluding hydrogens is 430 g/mol. The molecule has 0 fully saturated rings. The summed E-state index contributed by atoms with van der Waals surface area (Å²) in [5.41, 5.74) is 5.90. The number of aliphatic imine (C=N–C) groups is 1. The highest BCUT2D eigenvalue weighted by Crippen LogP contribution is 2.38. The highest BCUT2D eigenvalue weighted by Gasteiger charge is 2.30. The normalized spacial score (nSPS) is 12.6. The molecule has 0 saturated carbocycles. The van der Waals surface area contributed by atoms with Crippen LogP contribution in [-0.2, 0) is 17.8 Å². The summed E-state index contributed by atoms with van der Waals surface area (Å²) in [6.45, 7) is 1.24. The van der Waals surface area contributed by atoms with E-state index in [-0.39, 0.29) is 12.5 Å². The summed E-state index contributed by atoms with van der Waals surface area (Å²) in [5.74, 6) is -1.01. The third kappa shape index (κ3) is 4.60. The number of carboxylic acid groups (broad SMARTS) is 1. The Labute approximate surface area is 197 Å². The van der Waals surface area contributed by atoms with E-state index in [1.165, 1.54) is 5.69 Å². The van der Waals surface area contributed by atoms with Gasteiger partial charge in [-0.15, -0.1) is 0 Å². The average molecular weight is 456 g/mol. The average Bonchev–Trinajstić information content (AvgIpc) is 3.33. The van der Waals surface area contributed by atoms with Crippen LogP contribution in [0.25, 0.3) is 16.6 Å². The number of nitrogens with zero attached hydrogens (tertiary/aromatic N) is 3. The molecule has 34 heavy (non-hydrogen) atoms. The van der Waals surface area contributed by atoms with Crippen molar-refractivity contribution in [2.24, 2.45) is 4.99 Å². The van der Waals surface area contributed by atoms with E-state index in [4.69, 9.17) is 14.9 Å². The zero-order valence-electron chi connectivity index (χ0n) is 18.8. The van der Waals surface area contributed by atoms with Gasteiger partial charge in [0.25, 0.3) is 0 Å². The summed E-state index contributed by atoms with van der Waals surface area (Å²) >= 11 is 0. The number of carbonyl (C=O) groups excluding carboxylic acids is 1. The molecular formula is C27H25N3O4. The van der Waals surface area contributed by atoms with Crippen LogP contribution in [-0.4, -0.2) is 33.6 Å². The van der Waals surface area contributed by atoms with Crippen molar-refractivity contribution >= 4 is 34.5 Å². The van der Waals surface area contributed by atoms with Crippen LogP contribution >= 0.6 is 0 Å². The van der Waals surface area contributed by atoms with Gasteiger partial charge >= 0.3 is 0 Å². The summed E-state index contributed by atoms with van der Waals surface area (Å²) < 4.78 is 3.90. The third-order valence-corrected chi connectivity index (χ3v) is 5.50.